The van der Waals surface area contributed by atoms with Crippen LogP contribution in [0.5, 0.6) is 0 Å². The van der Waals surface area contributed by atoms with E-state index in [1.807, 2.05) is 26.2 Å². The molecule has 0 aromatic carbocycles. The van der Waals surface area contributed by atoms with E-state index < -0.39 is 5.97 Å². The lowest BCUT2D eigenvalue weighted by molar-refractivity contribution is -0.137. The number of carbonyl (C=O) groups is 2. The van der Waals surface area contributed by atoms with Gasteiger partial charge in [0, 0.05) is 11.8 Å². The first-order valence-corrected chi connectivity index (χ1v) is 7.24. The van der Waals surface area contributed by atoms with Gasteiger partial charge in [0.25, 0.3) is 5.91 Å². The molecular formula is C13H20N2O4S. The Bertz CT molecular complexity index is 465. The highest BCUT2D eigenvalue weighted by Gasteiger charge is 2.14. The van der Waals surface area contributed by atoms with E-state index in [0.717, 1.165) is 5.69 Å². The summed E-state index contributed by atoms with van der Waals surface area (Å²) in [5.41, 5.74) is 0.436. The SMILES string of the molecule is CC(C)(C)OCC(=O)Nc1nc(CCCC(=O)O)cs1. The second kappa shape index (κ2) is 7.35. The maximum atomic E-state index is 11.6. The first-order valence-electron chi connectivity index (χ1n) is 6.36. The van der Waals surface area contributed by atoms with Crippen LogP contribution in [-0.2, 0) is 20.7 Å². The molecule has 20 heavy (non-hydrogen) atoms. The Morgan fingerprint density at radius 3 is 2.75 bits per heavy atom. The van der Waals surface area contributed by atoms with Crippen LogP contribution in [0, 0.1) is 0 Å². The van der Waals surface area contributed by atoms with Crippen LogP contribution in [0.25, 0.3) is 0 Å². The molecule has 1 aromatic rings. The molecule has 0 fully saturated rings. The molecule has 0 saturated carbocycles. The molecule has 0 aliphatic carbocycles. The standard InChI is InChI=1S/C13H20N2O4S/c1-13(2,3)19-7-10(16)15-12-14-9(8-20-12)5-4-6-11(17)18/h8H,4-7H2,1-3H3,(H,17,18)(H,14,15,16). The van der Waals surface area contributed by atoms with Gasteiger partial charge in [-0.15, -0.1) is 11.3 Å². The zero-order chi connectivity index (χ0) is 15.2. The molecule has 1 amide bonds. The minimum absolute atomic E-state index is 0.0164. The van der Waals surface area contributed by atoms with Crippen LogP contribution in [0.2, 0.25) is 0 Å². The normalized spacial score (nSPS) is 11.3. The minimum Gasteiger partial charge on any atom is -0.481 e. The van der Waals surface area contributed by atoms with Gasteiger partial charge in [0.1, 0.15) is 6.61 Å². The number of aromatic nitrogens is 1. The lowest BCUT2D eigenvalue weighted by Gasteiger charge is -2.18. The van der Waals surface area contributed by atoms with Crippen molar-refractivity contribution in [1.29, 1.82) is 0 Å². The predicted molar refractivity (Wildman–Crippen MR) is 77.0 cm³/mol. The lowest BCUT2D eigenvalue weighted by Crippen LogP contribution is -2.27. The van der Waals surface area contributed by atoms with Crippen molar-refractivity contribution in [2.45, 2.75) is 45.6 Å². The van der Waals surface area contributed by atoms with Gasteiger partial charge in [0.2, 0.25) is 0 Å². The number of rotatable bonds is 7. The van der Waals surface area contributed by atoms with Crippen molar-refractivity contribution in [2.75, 3.05) is 11.9 Å². The van der Waals surface area contributed by atoms with Crippen LogP contribution in [0.1, 0.15) is 39.3 Å². The Labute approximate surface area is 122 Å². The number of ether oxygens (including phenoxy) is 1. The van der Waals surface area contributed by atoms with Crippen LogP contribution in [-0.4, -0.2) is 34.2 Å². The summed E-state index contributed by atoms with van der Waals surface area (Å²) in [6.45, 7) is 5.62. The second-order valence-electron chi connectivity index (χ2n) is 5.34. The smallest absolute Gasteiger partial charge is 0.303 e. The summed E-state index contributed by atoms with van der Waals surface area (Å²) < 4.78 is 5.36. The number of nitrogens with zero attached hydrogens (tertiary/aromatic N) is 1. The summed E-state index contributed by atoms with van der Waals surface area (Å²) in [5, 5.41) is 13.5. The molecule has 1 heterocycles. The van der Waals surface area contributed by atoms with Crippen LogP contribution >= 0.6 is 11.3 Å². The van der Waals surface area contributed by atoms with Crippen LogP contribution < -0.4 is 5.32 Å². The molecule has 0 radical (unpaired) electrons. The fourth-order valence-electron chi connectivity index (χ4n) is 1.34. The number of carbonyl (C=O) groups excluding carboxylic acids is 1. The third kappa shape index (κ3) is 7.20. The van der Waals surface area contributed by atoms with Gasteiger partial charge >= 0.3 is 5.97 Å². The number of amides is 1. The minimum atomic E-state index is -0.812. The number of nitrogens with one attached hydrogen (secondary N) is 1. The molecule has 7 heteroatoms. The number of hydrogen-bond donors (Lipinski definition) is 2. The number of aliphatic carboxylic acids is 1. The lowest BCUT2D eigenvalue weighted by atomic mass is 10.2. The Balaban J connectivity index is 2.36. The molecule has 0 spiro atoms. The number of anilines is 1. The van der Waals surface area contributed by atoms with Gasteiger partial charge in [-0.1, -0.05) is 0 Å². The van der Waals surface area contributed by atoms with E-state index in [-0.39, 0.29) is 24.5 Å². The van der Waals surface area contributed by atoms with Crippen molar-refractivity contribution >= 4 is 28.3 Å². The fraction of sp³-hybridized carbons (Fsp3) is 0.615. The molecule has 6 nitrogen and oxygen atoms in total. The van der Waals surface area contributed by atoms with Crippen molar-refractivity contribution in [3.8, 4) is 0 Å². The summed E-state index contributed by atoms with van der Waals surface area (Å²) >= 11 is 1.32. The van der Waals surface area contributed by atoms with Crippen molar-refractivity contribution in [3.05, 3.63) is 11.1 Å². The third-order valence-corrected chi connectivity index (χ3v) is 3.06. The molecule has 0 aliphatic rings. The van der Waals surface area contributed by atoms with Gasteiger partial charge in [-0.25, -0.2) is 4.98 Å². The molecule has 0 unspecified atom stereocenters. The molecule has 1 rings (SSSR count). The average Bonchev–Trinajstić information content (AvgIpc) is 2.73. The molecular weight excluding hydrogens is 280 g/mol. The molecule has 0 bridgehead atoms. The van der Waals surface area contributed by atoms with E-state index >= 15 is 0 Å². The van der Waals surface area contributed by atoms with Gasteiger partial charge < -0.3 is 9.84 Å². The molecule has 0 atom stereocenters. The molecule has 2 N–H and O–H groups in total. The van der Waals surface area contributed by atoms with E-state index in [4.69, 9.17) is 9.84 Å². The third-order valence-electron chi connectivity index (χ3n) is 2.26. The zero-order valence-electron chi connectivity index (χ0n) is 11.9. The Morgan fingerprint density at radius 2 is 2.15 bits per heavy atom. The zero-order valence-corrected chi connectivity index (χ0v) is 12.7. The Hall–Kier alpha value is -1.47. The summed E-state index contributed by atoms with van der Waals surface area (Å²) in [7, 11) is 0. The Morgan fingerprint density at radius 1 is 1.45 bits per heavy atom. The van der Waals surface area contributed by atoms with Crippen LogP contribution in [0.4, 0.5) is 5.13 Å². The second-order valence-corrected chi connectivity index (χ2v) is 6.20. The highest BCUT2D eigenvalue weighted by Crippen LogP contribution is 2.17. The molecule has 0 aliphatic heterocycles. The number of hydrogen-bond acceptors (Lipinski definition) is 5. The summed E-state index contributed by atoms with van der Waals surface area (Å²) in [6, 6.07) is 0. The highest BCUT2D eigenvalue weighted by molar-refractivity contribution is 7.13. The maximum absolute atomic E-state index is 11.6. The predicted octanol–water partition coefficient (Wildman–Crippen LogP) is 2.30. The number of carboxylic acids is 1. The van der Waals surface area contributed by atoms with E-state index in [2.05, 4.69) is 10.3 Å². The summed E-state index contributed by atoms with van der Waals surface area (Å²) in [5.74, 6) is -1.06. The van der Waals surface area contributed by atoms with Crippen molar-refractivity contribution < 1.29 is 19.4 Å². The van der Waals surface area contributed by atoms with Crippen molar-refractivity contribution in [3.63, 3.8) is 0 Å². The van der Waals surface area contributed by atoms with Crippen LogP contribution in [0.3, 0.4) is 0 Å². The maximum Gasteiger partial charge on any atom is 0.303 e. The van der Waals surface area contributed by atoms with Crippen molar-refractivity contribution in [1.82, 2.24) is 4.98 Å². The number of carboxylic acid groups (broad SMARTS) is 1. The number of thiazole rings is 1. The van der Waals surface area contributed by atoms with Gasteiger partial charge in [0.05, 0.1) is 11.3 Å². The van der Waals surface area contributed by atoms with Gasteiger partial charge in [-0.05, 0) is 33.6 Å². The van der Waals surface area contributed by atoms with Gasteiger partial charge in [0.15, 0.2) is 5.13 Å². The average molecular weight is 300 g/mol. The van der Waals surface area contributed by atoms with E-state index in [0.29, 0.717) is 18.0 Å². The van der Waals surface area contributed by atoms with Crippen LogP contribution in [0.15, 0.2) is 5.38 Å². The monoisotopic (exact) mass is 300 g/mol. The quantitative estimate of drug-likeness (QED) is 0.806. The first-order chi connectivity index (χ1) is 9.26. The first kappa shape index (κ1) is 16.6. The van der Waals surface area contributed by atoms with Crippen molar-refractivity contribution in [2.24, 2.45) is 0 Å². The Kier molecular flexibility index (Phi) is 6.09. The van der Waals surface area contributed by atoms with E-state index in [9.17, 15) is 9.59 Å². The van der Waals surface area contributed by atoms with E-state index in [1.54, 1.807) is 0 Å². The largest absolute Gasteiger partial charge is 0.481 e. The molecule has 0 saturated heterocycles. The molecule has 1 aromatic heterocycles. The summed E-state index contributed by atoms with van der Waals surface area (Å²) in [6.07, 6.45) is 1.26. The summed E-state index contributed by atoms with van der Waals surface area (Å²) in [4.78, 5) is 26.3. The molecule has 112 valence electrons. The topological polar surface area (TPSA) is 88.5 Å². The van der Waals surface area contributed by atoms with Gasteiger partial charge in [-0.3, -0.25) is 14.9 Å². The van der Waals surface area contributed by atoms with Gasteiger partial charge in [-0.2, -0.15) is 0 Å². The van der Waals surface area contributed by atoms with E-state index in [1.165, 1.54) is 11.3 Å². The highest BCUT2D eigenvalue weighted by atomic mass is 32.1. The number of aryl methyl sites for hydroxylation is 1. The fourth-order valence-corrected chi connectivity index (χ4v) is 2.10.